The van der Waals surface area contributed by atoms with E-state index >= 15 is 0 Å². The van der Waals surface area contributed by atoms with Gasteiger partial charge in [0, 0.05) is 21.1 Å². The third kappa shape index (κ3) is 1.98. The molecule has 1 nitrogen and oxygen atoms in total. The van der Waals surface area contributed by atoms with E-state index in [4.69, 9.17) is 0 Å². The van der Waals surface area contributed by atoms with E-state index in [2.05, 4.69) is 38.4 Å². The number of thiazole rings is 1. The van der Waals surface area contributed by atoms with Crippen LogP contribution in [0.3, 0.4) is 0 Å². The van der Waals surface area contributed by atoms with Crippen LogP contribution >= 0.6 is 27.3 Å². The summed E-state index contributed by atoms with van der Waals surface area (Å²) in [6.07, 6.45) is 0. The summed E-state index contributed by atoms with van der Waals surface area (Å²) in [7, 11) is 0. The average Bonchev–Trinajstić information content (AvgIpc) is 2.52. The summed E-state index contributed by atoms with van der Waals surface area (Å²) in [6, 6.07) is 8.20. The molecule has 0 aliphatic heterocycles. The summed E-state index contributed by atoms with van der Waals surface area (Å²) in [5.41, 5.74) is 2.26. The van der Waals surface area contributed by atoms with Crippen molar-refractivity contribution in [1.29, 1.82) is 0 Å². The fraction of sp³-hybridized carbons (Fsp3) is 0.100. The van der Waals surface area contributed by atoms with E-state index in [0.717, 1.165) is 15.2 Å². The molecule has 0 fully saturated rings. The van der Waals surface area contributed by atoms with Gasteiger partial charge in [0.15, 0.2) is 0 Å². The zero-order chi connectivity index (χ0) is 9.26. The molecule has 0 saturated carbocycles. The van der Waals surface area contributed by atoms with Gasteiger partial charge in [0.25, 0.3) is 0 Å². The fourth-order valence-electron chi connectivity index (χ4n) is 1.11. The van der Waals surface area contributed by atoms with Crippen LogP contribution in [0.2, 0.25) is 0 Å². The monoisotopic (exact) mass is 253 g/mol. The minimum Gasteiger partial charge on any atom is -0.241 e. The third-order valence-corrected chi connectivity index (χ3v) is 3.19. The molecule has 13 heavy (non-hydrogen) atoms. The van der Waals surface area contributed by atoms with Crippen LogP contribution in [0, 0.1) is 6.92 Å². The summed E-state index contributed by atoms with van der Waals surface area (Å²) < 4.78 is 1.10. The number of aromatic nitrogens is 1. The molecule has 2 aromatic rings. The molecule has 3 heteroatoms. The number of hydrogen-bond donors (Lipinski definition) is 0. The van der Waals surface area contributed by atoms with Crippen molar-refractivity contribution in [1.82, 2.24) is 4.98 Å². The Balaban J connectivity index is 2.46. The predicted octanol–water partition coefficient (Wildman–Crippen LogP) is 3.88. The lowest BCUT2D eigenvalue weighted by atomic mass is 10.2. The molecule has 0 bridgehead atoms. The van der Waals surface area contributed by atoms with Gasteiger partial charge >= 0.3 is 0 Å². The van der Waals surface area contributed by atoms with Gasteiger partial charge in [-0.2, -0.15) is 0 Å². The molecule has 66 valence electrons. The van der Waals surface area contributed by atoms with Crippen molar-refractivity contribution in [3.05, 3.63) is 39.8 Å². The zero-order valence-electron chi connectivity index (χ0n) is 7.12. The van der Waals surface area contributed by atoms with E-state index in [9.17, 15) is 0 Å². The number of rotatable bonds is 1. The van der Waals surface area contributed by atoms with E-state index in [1.165, 1.54) is 5.56 Å². The average molecular weight is 254 g/mol. The smallest absolute Gasteiger partial charge is 0.123 e. The normalized spacial score (nSPS) is 10.3. The minimum absolute atomic E-state index is 1.08. The number of benzene rings is 1. The Bertz CT molecular complexity index is 422. The van der Waals surface area contributed by atoms with Crippen LogP contribution < -0.4 is 0 Å². The number of hydrogen-bond acceptors (Lipinski definition) is 2. The molecule has 0 aliphatic carbocycles. The van der Waals surface area contributed by atoms with Crippen LogP contribution in [0.25, 0.3) is 10.6 Å². The first-order chi connectivity index (χ1) is 6.25. The van der Waals surface area contributed by atoms with Crippen molar-refractivity contribution in [2.75, 3.05) is 0 Å². The van der Waals surface area contributed by atoms with E-state index in [1.807, 2.05) is 19.1 Å². The Kier molecular flexibility index (Phi) is 2.47. The fourth-order valence-corrected chi connectivity index (χ4v) is 2.30. The molecule has 0 atom stereocenters. The summed E-state index contributed by atoms with van der Waals surface area (Å²) >= 11 is 5.12. The first-order valence-electron chi connectivity index (χ1n) is 3.94. The van der Waals surface area contributed by atoms with E-state index in [-0.39, 0.29) is 0 Å². The SMILES string of the molecule is Cc1csc(-c2cccc(Br)c2)n1. The standard InChI is InChI=1S/C10H8BrNS/c1-7-6-13-10(12-7)8-3-2-4-9(11)5-8/h2-6H,1H3. The van der Waals surface area contributed by atoms with Gasteiger partial charge in [0.1, 0.15) is 5.01 Å². The van der Waals surface area contributed by atoms with E-state index < -0.39 is 0 Å². The summed E-state index contributed by atoms with van der Waals surface area (Å²) in [5.74, 6) is 0. The maximum atomic E-state index is 4.42. The van der Waals surface area contributed by atoms with Crippen LogP contribution in [0.5, 0.6) is 0 Å². The third-order valence-electron chi connectivity index (χ3n) is 1.69. The Hall–Kier alpha value is -0.670. The van der Waals surface area contributed by atoms with Gasteiger partial charge in [-0.15, -0.1) is 11.3 Å². The van der Waals surface area contributed by atoms with Crippen molar-refractivity contribution < 1.29 is 0 Å². The van der Waals surface area contributed by atoms with E-state index in [0.29, 0.717) is 0 Å². The van der Waals surface area contributed by atoms with Gasteiger partial charge in [-0.05, 0) is 19.1 Å². The molecular formula is C10H8BrNS. The Labute approximate surface area is 89.6 Å². The van der Waals surface area contributed by atoms with Gasteiger partial charge in [-0.25, -0.2) is 4.98 Å². The Morgan fingerprint density at radius 1 is 1.38 bits per heavy atom. The maximum absolute atomic E-state index is 4.42. The molecule has 1 aromatic heterocycles. The highest BCUT2D eigenvalue weighted by molar-refractivity contribution is 9.10. The molecule has 1 aromatic carbocycles. The molecule has 0 radical (unpaired) electrons. The van der Waals surface area contributed by atoms with Gasteiger partial charge in [0.05, 0.1) is 0 Å². The largest absolute Gasteiger partial charge is 0.241 e. The van der Waals surface area contributed by atoms with Gasteiger partial charge < -0.3 is 0 Å². The highest BCUT2D eigenvalue weighted by Crippen LogP contribution is 2.25. The quantitative estimate of drug-likeness (QED) is 0.752. The molecule has 0 amide bonds. The van der Waals surface area contributed by atoms with Crippen molar-refractivity contribution in [3.8, 4) is 10.6 Å². The second kappa shape index (κ2) is 3.60. The molecule has 0 N–H and O–H groups in total. The molecule has 0 saturated heterocycles. The lowest BCUT2D eigenvalue weighted by Gasteiger charge is -1.95. The topological polar surface area (TPSA) is 12.9 Å². The molecule has 0 unspecified atom stereocenters. The number of halogens is 1. The van der Waals surface area contributed by atoms with Gasteiger partial charge in [-0.3, -0.25) is 0 Å². The maximum Gasteiger partial charge on any atom is 0.123 e. The van der Waals surface area contributed by atoms with Crippen molar-refractivity contribution in [3.63, 3.8) is 0 Å². The molecule has 0 spiro atoms. The lowest BCUT2D eigenvalue weighted by molar-refractivity contribution is 1.27. The Morgan fingerprint density at radius 3 is 2.85 bits per heavy atom. The highest BCUT2D eigenvalue weighted by Gasteiger charge is 2.01. The van der Waals surface area contributed by atoms with Crippen LogP contribution in [-0.2, 0) is 0 Å². The molecule has 2 rings (SSSR count). The lowest BCUT2D eigenvalue weighted by Crippen LogP contribution is -1.76. The van der Waals surface area contributed by atoms with E-state index in [1.54, 1.807) is 11.3 Å². The van der Waals surface area contributed by atoms with Gasteiger partial charge in [0.2, 0.25) is 0 Å². The summed E-state index contributed by atoms with van der Waals surface area (Å²) in [4.78, 5) is 4.42. The number of aryl methyl sites for hydroxylation is 1. The molecule has 0 aliphatic rings. The van der Waals surface area contributed by atoms with Crippen LogP contribution in [-0.4, -0.2) is 4.98 Å². The van der Waals surface area contributed by atoms with Crippen LogP contribution in [0.1, 0.15) is 5.69 Å². The molecule has 1 heterocycles. The van der Waals surface area contributed by atoms with Gasteiger partial charge in [-0.1, -0.05) is 28.1 Å². The highest BCUT2D eigenvalue weighted by atomic mass is 79.9. The molecular weight excluding hydrogens is 246 g/mol. The second-order valence-electron chi connectivity index (χ2n) is 2.80. The predicted molar refractivity (Wildman–Crippen MR) is 60.0 cm³/mol. The summed E-state index contributed by atoms with van der Waals surface area (Å²) in [6.45, 7) is 2.01. The summed E-state index contributed by atoms with van der Waals surface area (Å²) in [5, 5.41) is 3.15. The second-order valence-corrected chi connectivity index (χ2v) is 4.58. The van der Waals surface area contributed by atoms with Crippen molar-refractivity contribution >= 4 is 27.3 Å². The Morgan fingerprint density at radius 2 is 2.23 bits per heavy atom. The first-order valence-corrected chi connectivity index (χ1v) is 5.61. The zero-order valence-corrected chi connectivity index (χ0v) is 9.52. The van der Waals surface area contributed by atoms with Crippen LogP contribution in [0.4, 0.5) is 0 Å². The first kappa shape index (κ1) is 8.91. The van der Waals surface area contributed by atoms with Crippen molar-refractivity contribution in [2.24, 2.45) is 0 Å². The van der Waals surface area contributed by atoms with Crippen LogP contribution in [0.15, 0.2) is 34.1 Å². The minimum atomic E-state index is 1.08. The van der Waals surface area contributed by atoms with Crippen molar-refractivity contribution in [2.45, 2.75) is 6.92 Å². The number of nitrogens with zero attached hydrogens (tertiary/aromatic N) is 1.